The van der Waals surface area contributed by atoms with Crippen molar-refractivity contribution in [2.45, 2.75) is 0 Å². The van der Waals surface area contributed by atoms with Crippen molar-refractivity contribution in [3.05, 3.63) is 115 Å². The van der Waals surface area contributed by atoms with Crippen LogP contribution in [0.3, 0.4) is 0 Å². The molecule has 43 heavy (non-hydrogen) atoms. The summed E-state index contributed by atoms with van der Waals surface area (Å²) in [5, 5.41) is 34.6. The van der Waals surface area contributed by atoms with Gasteiger partial charge in [0.2, 0.25) is 5.95 Å². The highest BCUT2D eigenvalue weighted by Gasteiger charge is 2.18. The third-order valence-corrected chi connectivity index (χ3v) is 7.60. The van der Waals surface area contributed by atoms with Gasteiger partial charge in [-0.3, -0.25) is 30.3 Å². The van der Waals surface area contributed by atoms with Crippen LogP contribution in [-0.4, -0.2) is 38.1 Å². The molecule has 0 aliphatic carbocycles. The molecule has 2 aromatic heterocycles. The van der Waals surface area contributed by atoms with Crippen molar-refractivity contribution in [2.75, 3.05) is 9.44 Å². The van der Waals surface area contributed by atoms with Crippen LogP contribution in [-0.2, 0) is 10.2 Å². The maximum Gasteiger partial charge on any atom is 0.325 e. The first kappa shape index (κ1) is 28.6. The number of hydrogen-bond acceptors (Lipinski definition) is 12. The minimum Gasteiger partial charge on any atom is -0.258 e. The molecule has 216 valence electrons. The highest BCUT2D eigenvalue weighted by atomic mass is 32.2. The Morgan fingerprint density at radius 1 is 0.581 bits per heavy atom. The molecule has 0 fully saturated rings. The quantitative estimate of drug-likeness (QED) is 0.148. The van der Waals surface area contributed by atoms with Crippen LogP contribution in [0.5, 0.6) is 0 Å². The molecular weight excluding hydrogens is 604 g/mol. The van der Waals surface area contributed by atoms with Gasteiger partial charge in [0.05, 0.1) is 31.9 Å². The van der Waals surface area contributed by atoms with Gasteiger partial charge in [-0.25, -0.2) is 24.4 Å². The lowest BCUT2D eigenvalue weighted by Crippen LogP contribution is -2.23. The molecule has 0 bridgehead atoms. The molecule has 0 spiro atoms. The number of benzene rings is 3. The van der Waals surface area contributed by atoms with Gasteiger partial charge >= 0.3 is 10.2 Å². The summed E-state index contributed by atoms with van der Waals surface area (Å²) in [7, 11) is -4.35. The predicted octanol–water partition coefficient (Wildman–Crippen LogP) is 5.43. The van der Waals surface area contributed by atoms with E-state index >= 15 is 0 Å². The lowest BCUT2D eigenvalue weighted by Gasteiger charge is -2.11. The smallest absolute Gasteiger partial charge is 0.258 e. The second kappa shape index (κ2) is 11.5. The van der Waals surface area contributed by atoms with E-state index in [1.807, 2.05) is 0 Å². The molecule has 2 N–H and O–H groups in total. The molecule has 0 saturated carbocycles. The average molecular weight is 621 g/mol. The van der Waals surface area contributed by atoms with E-state index in [2.05, 4.69) is 24.4 Å². The molecule has 3 aromatic carbocycles. The second-order valence-electron chi connectivity index (χ2n) is 8.62. The van der Waals surface area contributed by atoms with Crippen LogP contribution in [0.2, 0.25) is 0 Å². The SMILES string of the molecule is O=[N+]([O-])c1ccc(-c2cc(-c3ccc([N+](=O)[O-])cc3)nc(NS(=O)(=O)Nc3nc(-c4ccc([N+](=O)[O-])cc4)cs3)n2)cc1. The van der Waals surface area contributed by atoms with Gasteiger partial charge in [-0.2, -0.15) is 8.42 Å². The number of non-ortho nitro benzene ring substituents is 3. The molecule has 5 rings (SSSR count). The molecule has 0 amide bonds. The van der Waals surface area contributed by atoms with Crippen LogP contribution >= 0.6 is 11.3 Å². The number of aromatic nitrogens is 3. The number of rotatable bonds is 10. The Hall–Kier alpha value is -5.88. The third kappa shape index (κ3) is 6.72. The molecule has 2 heterocycles. The molecule has 18 heteroatoms. The zero-order valence-electron chi connectivity index (χ0n) is 21.3. The van der Waals surface area contributed by atoms with E-state index in [4.69, 9.17) is 0 Å². The standard InChI is InChI=1S/C25H16N8O8S2/c34-31(35)18-7-1-15(2-8-18)21-13-22(16-3-9-19(10-4-16)32(36)37)27-24(26-21)29-43(40,41)30-25-28-23(14-42-25)17-5-11-20(12-6-17)33(38)39/h1-14H,(H,28,30)(H,26,27,29). The molecule has 5 aromatic rings. The number of thiazole rings is 1. The minimum absolute atomic E-state index is 0.0111. The average Bonchev–Trinajstić information content (AvgIpc) is 3.44. The summed E-state index contributed by atoms with van der Waals surface area (Å²) in [4.78, 5) is 44.1. The van der Waals surface area contributed by atoms with Crippen molar-refractivity contribution in [3.63, 3.8) is 0 Å². The second-order valence-corrected chi connectivity index (χ2v) is 10.9. The van der Waals surface area contributed by atoms with E-state index in [0.717, 1.165) is 11.3 Å². The van der Waals surface area contributed by atoms with E-state index in [9.17, 15) is 38.8 Å². The van der Waals surface area contributed by atoms with Crippen molar-refractivity contribution >= 4 is 49.7 Å². The molecule has 0 aliphatic rings. The van der Waals surface area contributed by atoms with Gasteiger partial charge in [0, 0.05) is 58.5 Å². The highest BCUT2D eigenvalue weighted by molar-refractivity contribution is 7.94. The van der Waals surface area contributed by atoms with E-state index < -0.39 is 25.0 Å². The maximum atomic E-state index is 13.0. The molecule has 16 nitrogen and oxygen atoms in total. The first-order chi connectivity index (χ1) is 20.5. The molecular formula is C25H16N8O8S2. The summed E-state index contributed by atoms with van der Waals surface area (Å²) in [6, 6.07) is 17.9. The van der Waals surface area contributed by atoms with E-state index in [0.29, 0.717) is 22.4 Å². The van der Waals surface area contributed by atoms with Gasteiger partial charge in [-0.05, 0) is 42.5 Å². The van der Waals surface area contributed by atoms with Crippen molar-refractivity contribution in [1.82, 2.24) is 15.0 Å². The number of hydrogen-bond donors (Lipinski definition) is 2. The van der Waals surface area contributed by atoms with Crippen LogP contribution in [0.1, 0.15) is 0 Å². The number of nitro benzene ring substituents is 3. The van der Waals surface area contributed by atoms with Gasteiger partial charge in [-0.15, -0.1) is 11.3 Å². The lowest BCUT2D eigenvalue weighted by atomic mass is 10.1. The fraction of sp³-hybridized carbons (Fsp3) is 0. The minimum atomic E-state index is -4.35. The molecule has 0 atom stereocenters. The van der Waals surface area contributed by atoms with Crippen LogP contribution in [0.25, 0.3) is 33.8 Å². The molecule has 0 aliphatic heterocycles. The van der Waals surface area contributed by atoms with Gasteiger partial charge in [0.15, 0.2) is 5.13 Å². The summed E-state index contributed by atoms with van der Waals surface area (Å²) >= 11 is 0.973. The Morgan fingerprint density at radius 2 is 0.977 bits per heavy atom. The number of nitrogens with one attached hydrogen (secondary N) is 2. The Balaban J connectivity index is 1.44. The van der Waals surface area contributed by atoms with Crippen molar-refractivity contribution < 1.29 is 23.2 Å². The van der Waals surface area contributed by atoms with Crippen LogP contribution in [0.4, 0.5) is 28.1 Å². The monoisotopic (exact) mass is 620 g/mol. The number of nitrogens with zero attached hydrogens (tertiary/aromatic N) is 6. The van der Waals surface area contributed by atoms with Crippen LogP contribution < -0.4 is 9.44 Å². The summed E-state index contributed by atoms with van der Waals surface area (Å²) in [5.41, 5.74) is 1.76. The Bertz CT molecular complexity index is 1890. The summed E-state index contributed by atoms with van der Waals surface area (Å²) < 4.78 is 30.5. The van der Waals surface area contributed by atoms with Gasteiger partial charge in [-0.1, -0.05) is 0 Å². The first-order valence-electron chi connectivity index (χ1n) is 11.9. The van der Waals surface area contributed by atoms with Gasteiger partial charge in [0.1, 0.15) is 0 Å². The Labute approximate surface area is 245 Å². The Kier molecular flexibility index (Phi) is 7.69. The van der Waals surface area contributed by atoms with Crippen molar-refractivity contribution in [2.24, 2.45) is 0 Å². The number of nitro groups is 3. The van der Waals surface area contributed by atoms with Gasteiger partial charge < -0.3 is 0 Å². The molecule has 0 radical (unpaired) electrons. The maximum absolute atomic E-state index is 13.0. The van der Waals surface area contributed by atoms with Gasteiger partial charge in [0.25, 0.3) is 17.1 Å². The summed E-state index contributed by atoms with van der Waals surface area (Å²) in [6.45, 7) is 0. The van der Waals surface area contributed by atoms with E-state index in [1.165, 1.54) is 78.9 Å². The van der Waals surface area contributed by atoms with Crippen LogP contribution in [0.15, 0.2) is 84.2 Å². The zero-order chi connectivity index (χ0) is 30.7. The van der Waals surface area contributed by atoms with E-state index in [-0.39, 0.29) is 39.5 Å². The molecule has 0 unspecified atom stereocenters. The fourth-order valence-corrected chi connectivity index (χ4v) is 5.51. The zero-order valence-corrected chi connectivity index (χ0v) is 23.0. The largest absolute Gasteiger partial charge is 0.325 e. The summed E-state index contributed by atoms with van der Waals surface area (Å²) in [6.07, 6.45) is 0. The summed E-state index contributed by atoms with van der Waals surface area (Å²) in [5.74, 6) is -0.358. The first-order valence-corrected chi connectivity index (χ1v) is 14.2. The third-order valence-electron chi connectivity index (χ3n) is 5.80. The number of anilines is 2. The molecule has 0 saturated heterocycles. The van der Waals surface area contributed by atoms with Crippen molar-refractivity contribution in [3.8, 4) is 33.8 Å². The lowest BCUT2D eigenvalue weighted by molar-refractivity contribution is -0.385. The predicted molar refractivity (Wildman–Crippen MR) is 157 cm³/mol. The topological polar surface area (TPSA) is 226 Å². The van der Waals surface area contributed by atoms with Crippen molar-refractivity contribution in [1.29, 1.82) is 0 Å². The fourth-order valence-electron chi connectivity index (χ4n) is 3.76. The normalized spacial score (nSPS) is 11.1. The Morgan fingerprint density at radius 3 is 1.37 bits per heavy atom. The highest BCUT2D eigenvalue weighted by Crippen LogP contribution is 2.30. The van der Waals surface area contributed by atoms with E-state index in [1.54, 1.807) is 5.38 Å². The van der Waals surface area contributed by atoms with Crippen LogP contribution in [0, 0.1) is 30.3 Å².